The molecule has 1 aliphatic carbocycles. The lowest BCUT2D eigenvalue weighted by Crippen LogP contribution is -2.35. The monoisotopic (exact) mass is 395 g/mol. The Kier molecular flexibility index (Phi) is 5.24. The van der Waals surface area contributed by atoms with Gasteiger partial charge in [0.1, 0.15) is 5.75 Å². The molecule has 0 spiro atoms. The van der Waals surface area contributed by atoms with E-state index in [1.807, 2.05) is 42.5 Å². The first-order valence-electron chi connectivity index (χ1n) is 9.62. The largest absolute Gasteiger partial charge is 0.497 e. The first-order valence-corrected chi connectivity index (χ1v) is 9.62. The summed E-state index contributed by atoms with van der Waals surface area (Å²) < 4.78 is 17.8. The van der Waals surface area contributed by atoms with Gasteiger partial charge in [-0.05, 0) is 59.7 Å². The van der Waals surface area contributed by atoms with Crippen LogP contribution in [0.25, 0.3) is 5.69 Å². The number of rotatable bonds is 7. The van der Waals surface area contributed by atoms with Crippen LogP contribution >= 0.6 is 0 Å². The van der Waals surface area contributed by atoms with E-state index in [0.29, 0.717) is 11.5 Å². The van der Waals surface area contributed by atoms with Gasteiger partial charge in [0.2, 0.25) is 0 Å². The summed E-state index contributed by atoms with van der Waals surface area (Å²) in [7, 11) is 4.90. The molecule has 1 N–H and O–H groups in total. The third-order valence-corrected chi connectivity index (χ3v) is 5.44. The molecule has 0 aliphatic heterocycles. The second-order valence-electron chi connectivity index (χ2n) is 7.10. The summed E-state index contributed by atoms with van der Waals surface area (Å²) >= 11 is 0. The third-order valence-electron chi connectivity index (χ3n) is 5.44. The van der Waals surface area contributed by atoms with Crippen molar-refractivity contribution in [2.75, 3.05) is 26.6 Å². The minimum Gasteiger partial charge on any atom is -0.497 e. The summed E-state index contributed by atoms with van der Waals surface area (Å²) in [4.78, 5) is 0. The van der Waals surface area contributed by atoms with Crippen molar-refractivity contribution in [3.8, 4) is 22.9 Å². The van der Waals surface area contributed by atoms with E-state index in [-0.39, 0.29) is 5.54 Å². The number of hydrogen-bond donors (Lipinski definition) is 1. The van der Waals surface area contributed by atoms with Crippen molar-refractivity contribution < 1.29 is 14.2 Å². The second-order valence-corrected chi connectivity index (χ2v) is 7.10. The first kappa shape index (κ1) is 19.0. The summed E-state index contributed by atoms with van der Waals surface area (Å²) in [6.07, 6.45) is 4.13. The molecule has 0 bridgehead atoms. The molecule has 1 saturated carbocycles. The minimum atomic E-state index is -0.342. The van der Waals surface area contributed by atoms with Gasteiger partial charge < -0.3 is 19.5 Å². The molecule has 3 aromatic rings. The first-order chi connectivity index (χ1) is 14.2. The van der Waals surface area contributed by atoms with Crippen molar-refractivity contribution in [1.29, 1.82) is 0 Å². The standard InChI is InChI=1S/C21H25N5O3/c1-27-17-9-6-15(7-10-17)22-21(12-4-5-13-21)20-23-24-25-26(20)16-8-11-18(28-2)19(14-16)29-3/h6-11,14,22H,4-5,12-13H2,1-3H3. The molecular weight excluding hydrogens is 370 g/mol. The van der Waals surface area contributed by atoms with E-state index >= 15 is 0 Å². The molecule has 0 radical (unpaired) electrons. The van der Waals surface area contributed by atoms with Gasteiger partial charge in [0.25, 0.3) is 0 Å². The summed E-state index contributed by atoms with van der Waals surface area (Å²) in [5, 5.41) is 16.4. The molecule has 0 amide bonds. The van der Waals surface area contributed by atoms with Gasteiger partial charge in [-0.2, -0.15) is 4.68 Å². The summed E-state index contributed by atoms with van der Waals surface area (Å²) in [5.74, 6) is 2.91. The summed E-state index contributed by atoms with van der Waals surface area (Å²) in [6.45, 7) is 0. The van der Waals surface area contributed by atoms with E-state index in [9.17, 15) is 0 Å². The SMILES string of the molecule is COc1ccc(NC2(c3nnnn3-c3ccc(OC)c(OC)c3)CCCC2)cc1. The Morgan fingerprint density at radius 3 is 2.28 bits per heavy atom. The van der Waals surface area contributed by atoms with Crippen LogP contribution < -0.4 is 19.5 Å². The molecule has 1 fully saturated rings. The molecule has 2 aromatic carbocycles. The van der Waals surface area contributed by atoms with Crippen molar-refractivity contribution in [1.82, 2.24) is 20.2 Å². The average molecular weight is 395 g/mol. The van der Waals surface area contributed by atoms with Crippen molar-refractivity contribution in [2.45, 2.75) is 31.2 Å². The lowest BCUT2D eigenvalue weighted by Gasteiger charge is -2.30. The normalized spacial score (nSPS) is 15.1. The molecule has 29 heavy (non-hydrogen) atoms. The number of nitrogens with zero attached hydrogens (tertiary/aromatic N) is 4. The van der Waals surface area contributed by atoms with Crippen molar-refractivity contribution >= 4 is 5.69 Å². The van der Waals surface area contributed by atoms with Gasteiger partial charge in [0, 0.05) is 11.8 Å². The fourth-order valence-electron chi connectivity index (χ4n) is 3.95. The quantitative estimate of drug-likeness (QED) is 0.655. The van der Waals surface area contributed by atoms with Gasteiger partial charge in [0.05, 0.1) is 32.6 Å². The maximum Gasteiger partial charge on any atom is 0.181 e. The van der Waals surface area contributed by atoms with E-state index < -0.39 is 0 Å². The molecule has 4 rings (SSSR count). The molecule has 8 nitrogen and oxygen atoms in total. The van der Waals surface area contributed by atoms with Crippen LogP contribution in [0.3, 0.4) is 0 Å². The van der Waals surface area contributed by atoms with Crippen LogP contribution in [0.5, 0.6) is 17.2 Å². The smallest absolute Gasteiger partial charge is 0.181 e. The van der Waals surface area contributed by atoms with Gasteiger partial charge in [-0.3, -0.25) is 0 Å². The highest BCUT2D eigenvalue weighted by molar-refractivity contribution is 5.51. The van der Waals surface area contributed by atoms with Crippen molar-refractivity contribution in [3.05, 3.63) is 48.3 Å². The zero-order chi connectivity index (χ0) is 20.3. The van der Waals surface area contributed by atoms with Gasteiger partial charge in [0.15, 0.2) is 17.3 Å². The Bertz CT molecular complexity index is 965. The van der Waals surface area contributed by atoms with Crippen LogP contribution in [0.4, 0.5) is 5.69 Å². The van der Waals surface area contributed by atoms with Crippen LogP contribution in [0.2, 0.25) is 0 Å². The number of tetrazole rings is 1. The molecule has 0 saturated heterocycles. The van der Waals surface area contributed by atoms with E-state index in [2.05, 4.69) is 20.8 Å². The van der Waals surface area contributed by atoms with Gasteiger partial charge >= 0.3 is 0 Å². The highest BCUT2D eigenvalue weighted by Crippen LogP contribution is 2.41. The number of anilines is 1. The lowest BCUT2D eigenvalue weighted by atomic mass is 9.95. The van der Waals surface area contributed by atoms with Crippen molar-refractivity contribution in [2.24, 2.45) is 0 Å². The molecule has 0 unspecified atom stereocenters. The lowest BCUT2D eigenvalue weighted by molar-refractivity contribution is 0.354. The zero-order valence-electron chi connectivity index (χ0n) is 16.9. The number of nitrogens with one attached hydrogen (secondary N) is 1. The fourth-order valence-corrected chi connectivity index (χ4v) is 3.95. The number of methoxy groups -OCH3 is 3. The molecular formula is C21H25N5O3. The third kappa shape index (κ3) is 3.57. The average Bonchev–Trinajstić information content (AvgIpc) is 3.44. The number of ether oxygens (including phenoxy) is 3. The molecule has 8 heteroatoms. The van der Waals surface area contributed by atoms with Crippen LogP contribution in [-0.2, 0) is 5.54 Å². The highest BCUT2D eigenvalue weighted by Gasteiger charge is 2.41. The number of benzene rings is 2. The maximum absolute atomic E-state index is 5.45. The molecule has 1 heterocycles. The predicted octanol–water partition coefficient (Wildman–Crippen LogP) is 3.57. The van der Waals surface area contributed by atoms with Crippen LogP contribution in [0, 0.1) is 0 Å². The maximum atomic E-state index is 5.45. The second kappa shape index (κ2) is 7.98. The Morgan fingerprint density at radius 1 is 0.897 bits per heavy atom. The Hall–Kier alpha value is -3.29. The number of aromatic nitrogens is 4. The van der Waals surface area contributed by atoms with Crippen molar-refractivity contribution in [3.63, 3.8) is 0 Å². The minimum absolute atomic E-state index is 0.342. The topological polar surface area (TPSA) is 83.3 Å². The Morgan fingerprint density at radius 2 is 1.62 bits per heavy atom. The molecule has 1 aliphatic rings. The van der Waals surface area contributed by atoms with Crippen LogP contribution in [0.15, 0.2) is 42.5 Å². The van der Waals surface area contributed by atoms with Crippen LogP contribution in [-0.4, -0.2) is 41.5 Å². The molecule has 1 aromatic heterocycles. The Labute approximate surface area is 169 Å². The number of hydrogen-bond acceptors (Lipinski definition) is 7. The summed E-state index contributed by atoms with van der Waals surface area (Å²) in [6, 6.07) is 13.6. The highest BCUT2D eigenvalue weighted by atomic mass is 16.5. The predicted molar refractivity (Wildman–Crippen MR) is 109 cm³/mol. The molecule has 0 atom stereocenters. The van der Waals surface area contributed by atoms with E-state index in [1.54, 1.807) is 26.0 Å². The van der Waals surface area contributed by atoms with Crippen LogP contribution in [0.1, 0.15) is 31.5 Å². The molecule has 152 valence electrons. The Balaban J connectivity index is 1.72. The van der Waals surface area contributed by atoms with Gasteiger partial charge in [-0.15, -0.1) is 5.10 Å². The van der Waals surface area contributed by atoms with E-state index in [4.69, 9.17) is 14.2 Å². The van der Waals surface area contributed by atoms with Gasteiger partial charge in [-0.1, -0.05) is 12.8 Å². The zero-order valence-corrected chi connectivity index (χ0v) is 16.9. The van der Waals surface area contributed by atoms with E-state index in [0.717, 1.165) is 48.6 Å². The van der Waals surface area contributed by atoms with Gasteiger partial charge in [-0.25, -0.2) is 0 Å². The summed E-state index contributed by atoms with van der Waals surface area (Å²) in [5.41, 5.74) is 1.49. The fraction of sp³-hybridized carbons (Fsp3) is 0.381. The van der Waals surface area contributed by atoms with E-state index in [1.165, 1.54) is 0 Å².